The van der Waals surface area contributed by atoms with E-state index in [2.05, 4.69) is 10.6 Å². The van der Waals surface area contributed by atoms with E-state index < -0.39 is 35.1 Å². The topological polar surface area (TPSA) is 135 Å². The fourth-order valence-electron chi connectivity index (χ4n) is 3.30. The summed E-state index contributed by atoms with van der Waals surface area (Å²) in [7, 11) is 0. The molecular formula is C23H17FN4O6. The van der Waals surface area contributed by atoms with Crippen LogP contribution in [0.25, 0.3) is 17.4 Å². The van der Waals surface area contributed by atoms with Crippen molar-refractivity contribution >= 4 is 35.3 Å². The number of aryl methyl sites for hydroxylation is 1. The second kappa shape index (κ2) is 8.98. The Morgan fingerprint density at radius 3 is 2.71 bits per heavy atom. The van der Waals surface area contributed by atoms with E-state index in [1.165, 1.54) is 36.4 Å². The van der Waals surface area contributed by atoms with Crippen LogP contribution in [-0.4, -0.2) is 34.2 Å². The van der Waals surface area contributed by atoms with Gasteiger partial charge in [0.15, 0.2) is 0 Å². The van der Waals surface area contributed by atoms with Gasteiger partial charge in [-0.3, -0.25) is 19.7 Å². The Labute approximate surface area is 191 Å². The molecule has 11 heteroatoms. The molecule has 4 amide bonds. The predicted molar refractivity (Wildman–Crippen MR) is 119 cm³/mol. The Balaban J connectivity index is 1.48. The number of rotatable bonds is 6. The number of para-hydroxylation sites is 1. The smallest absolute Gasteiger partial charge is 0.329 e. The molecule has 0 aliphatic carbocycles. The second-order valence-corrected chi connectivity index (χ2v) is 7.37. The standard InChI is InChI=1S/C23H17FN4O6/c1-13-6-7-14(10-19(13)28(32)33)20-9-8-15(34-20)11-18-22(30)27(23(31)26-18)12-21(29)25-17-5-3-2-4-16(17)24/h2-11H,12H2,1H3,(H,25,29)(H,26,31)/b18-11+. The third-order valence-electron chi connectivity index (χ3n) is 5.02. The van der Waals surface area contributed by atoms with Crippen LogP contribution in [-0.2, 0) is 9.59 Å². The molecule has 0 bridgehead atoms. The number of nitro benzene ring substituents is 1. The molecule has 1 saturated heterocycles. The molecule has 0 spiro atoms. The van der Waals surface area contributed by atoms with Crippen molar-refractivity contribution in [1.82, 2.24) is 10.2 Å². The highest BCUT2D eigenvalue weighted by molar-refractivity contribution is 6.15. The normalized spacial score (nSPS) is 14.4. The summed E-state index contributed by atoms with van der Waals surface area (Å²) in [4.78, 5) is 48.4. The molecule has 0 saturated carbocycles. The van der Waals surface area contributed by atoms with Crippen molar-refractivity contribution in [3.8, 4) is 11.3 Å². The number of hydrogen-bond acceptors (Lipinski definition) is 6. The lowest BCUT2D eigenvalue weighted by Gasteiger charge is -2.12. The summed E-state index contributed by atoms with van der Waals surface area (Å²) in [6.07, 6.45) is 1.28. The molecule has 4 rings (SSSR count). The number of carbonyl (C=O) groups is 3. The van der Waals surface area contributed by atoms with Crippen LogP contribution in [0.4, 0.5) is 20.6 Å². The summed E-state index contributed by atoms with van der Waals surface area (Å²) >= 11 is 0. The van der Waals surface area contributed by atoms with Crippen molar-refractivity contribution in [3.63, 3.8) is 0 Å². The number of furan rings is 1. The molecule has 1 aliphatic rings. The Hall–Kier alpha value is -4.80. The van der Waals surface area contributed by atoms with Crippen molar-refractivity contribution in [1.29, 1.82) is 0 Å². The van der Waals surface area contributed by atoms with E-state index in [9.17, 15) is 28.9 Å². The number of nitro groups is 1. The van der Waals surface area contributed by atoms with Gasteiger partial charge in [0.2, 0.25) is 5.91 Å². The number of nitrogens with zero attached hydrogens (tertiary/aromatic N) is 2. The van der Waals surface area contributed by atoms with Gasteiger partial charge in [-0.2, -0.15) is 0 Å². The van der Waals surface area contributed by atoms with Gasteiger partial charge >= 0.3 is 6.03 Å². The summed E-state index contributed by atoms with van der Waals surface area (Å²) in [5.74, 6) is -1.64. The number of hydrogen-bond donors (Lipinski definition) is 2. The largest absolute Gasteiger partial charge is 0.457 e. The Bertz CT molecular complexity index is 1360. The monoisotopic (exact) mass is 464 g/mol. The molecule has 3 aromatic rings. The average Bonchev–Trinajstić information content (AvgIpc) is 3.36. The molecule has 34 heavy (non-hydrogen) atoms. The van der Waals surface area contributed by atoms with Crippen LogP contribution in [0.2, 0.25) is 0 Å². The zero-order valence-corrected chi connectivity index (χ0v) is 17.7. The van der Waals surface area contributed by atoms with E-state index in [0.29, 0.717) is 21.8 Å². The third-order valence-corrected chi connectivity index (χ3v) is 5.02. The first-order valence-corrected chi connectivity index (χ1v) is 9.97. The SMILES string of the molecule is Cc1ccc(-c2ccc(/C=C3/NC(=O)N(CC(=O)Nc4ccccc4F)C3=O)o2)cc1[N+](=O)[O-]. The molecule has 10 nitrogen and oxygen atoms in total. The van der Waals surface area contributed by atoms with Gasteiger partial charge in [0.05, 0.1) is 10.6 Å². The zero-order chi connectivity index (χ0) is 24.4. The molecule has 1 fully saturated rings. The van der Waals surface area contributed by atoms with Crippen LogP contribution in [0.5, 0.6) is 0 Å². The maximum atomic E-state index is 13.7. The van der Waals surface area contributed by atoms with Crippen LogP contribution in [0.15, 0.2) is 64.7 Å². The van der Waals surface area contributed by atoms with E-state index in [0.717, 1.165) is 6.07 Å². The number of imide groups is 1. The number of urea groups is 1. The zero-order valence-electron chi connectivity index (χ0n) is 17.7. The summed E-state index contributed by atoms with van der Waals surface area (Å²) in [6, 6.07) is 12.4. The van der Waals surface area contributed by atoms with Gasteiger partial charge in [-0.15, -0.1) is 0 Å². The second-order valence-electron chi connectivity index (χ2n) is 7.37. The fourth-order valence-corrected chi connectivity index (χ4v) is 3.30. The van der Waals surface area contributed by atoms with Crippen molar-refractivity contribution in [2.45, 2.75) is 6.92 Å². The molecule has 1 aliphatic heterocycles. The first kappa shape index (κ1) is 22.4. The van der Waals surface area contributed by atoms with E-state index >= 15 is 0 Å². The van der Waals surface area contributed by atoms with Gasteiger partial charge in [-0.25, -0.2) is 14.1 Å². The number of nitrogens with one attached hydrogen (secondary N) is 2. The van der Waals surface area contributed by atoms with E-state index in [-0.39, 0.29) is 22.8 Å². The molecule has 2 aromatic carbocycles. The summed E-state index contributed by atoms with van der Waals surface area (Å²) < 4.78 is 19.4. The molecule has 1 aromatic heterocycles. The Morgan fingerprint density at radius 1 is 1.21 bits per heavy atom. The summed E-state index contributed by atoms with van der Waals surface area (Å²) in [6.45, 7) is 1.00. The molecule has 0 radical (unpaired) electrons. The third kappa shape index (κ3) is 4.53. The molecule has 0 atom stereocenters. The molecule has 2 heterocycles. The van der Waals surface area contributed by atoms with Gasteiger partial charge in [-0.05, 0) is 31.2 Å². The highest BCUT2D eigenvalue weighted by Crippen LogP contribution is 2.29. The minimum absolute atomic E-state index is 0.0589. The number of amides is 4. The minimum Gasteiger partial charge on any atom is -0.457 e. The van der Waals surface area contributed by atoms with Gasteiger partial charge in [0, 0.05) is 23.3 Å². The van der Waals surface area contributed by atoms with E-state index in [1.54, 1.807) is 25.1 Å². The highest BCUT2D eigenvalue weighted by Gasteiger charge is 2.35. The van der Waals surface area contributed by atoms with Gasteiger partial charge in [-0.1, -0.05) is 24.3 Å². The number of carbonyl (C=O) groups excluding carboxylic acids is 3. The van der Waals surface area contributed by atoms with Gasteiger partial charge in [0.1, 0.15) is 29.6 Å². The first-order valence-electron chi connectivity index (χ1n) is 9.97. The van der Waals surface area contributed by atoms with Crippen LogP contribution >= 0.6 is 0 Å². The molecule has 172 valence electrons. The van der Waals surface area contributed by atoms with Crippen LogP contribution in [0.3, 0.4) is 0 Å². The van der Waals surface area contributed by atoms with E-state index in [4.69, 9.17) is 4.42 Å². The van der Waals surface area contributed by atoms with Crippen molar-refractivity contribution < 1.29 is 28.1 Å². The quantitative estimate of drug-likeness (QED) is 0.246. The number of benzene rings is 2. The number of halogens is 1. The Kier molecular flexibility index (Phi) is 5.92. The summed E-state index contributed by atoms with van der Waals surface area (Å²) in [5, 5.41) is 15.8. The first-order chi connectivity index (χ1) is 16.2. The van der Waals surface area contributed by atoms with Crippen molar-refractivity contribution in [2.24, 2.45) is 0 Å². The van der Waals surface area contributed by atoms with Crippen LogP contribution < -0.4 is 10.6 Å². The molecule has 0 unspecified atom stereocenters. The molecule has 2 N–H and O–H groups in total. The Morgan fingerprint density at radius 2 is 1.97 bits per heavy atom. The van der Waals surface area contributed by atoms with Gasteiger partial charge in [0.25, 0.3) is 11.6 Å². The summed E-state index contributed by atoms with van der Waals surface area (Å²) in [5.41, 5.74) is 0.710. The van der Waals surface area contributed by atoms with E-state index in [1.807, 2.05) is 0 Å². The average molecular weight is 464 g/mol. The lowest BCUT2D eigenvalue weighted by molar-refractivity contribution is -0.385. The lowest BCUT2D eigenvalue weighted by Crippen LogP contribution is -2.38. The maximum absolute atomic E-state index is 13.7. The van der Waals surface area contributed by atoms with Gasteiger partial charge < -0.3 is 15.1 Å². The predicted octanol–water partition coefficient (Wildman–Crippen LogP) is 3.83. The maximum Gasteiger partial charge on any atom is 0.329 e. The minimum atomic E-state index is -0.819. The van der Waals surface area contributed by atoms with Crippen molar-refractivity contribution in [2.75, 3.05) is 11.9 Å². The van der Waals surface area contributed by atoms with Crippen molar-refractivity contribution in [3.05, 3.63) is 87.5 Å². The molecular weight excluding hydrogens is 447 g/mol. The van der Waals surface area contributed by atoms with Crippen LogP contribution in [0, 0.1) is 22.9 Å². The number of anilines is 1. The fraction of sp³-hybridized carbons (Fsp3) is 0.0870. The highest BCUT2D eigenvalue weighted by atomic mass is 19.1. The lowest BCUT2D eigenvalue weighted by atomic mass is 10.1. The van der Waals surface area contributed by atoms with Crippen LogP contribution in [0.1, 0.15) is 11.3 Å².